The van der Waals surface area contributed by atoms with E-state index in [1.165, 1.54) is 72.3 Å². The second-order valence-corrected chi connectivity index (χ2v) is 22.8. The number of anilines is 9. The highest BCUT2D eigenvalue weighted by Gasteiger charge is 2.37. The number of hydrogen-bond donors (Lipinski definition) is 0. The Morgan fingerprint density at radius 1 is 0.229 bits per heavy atom. The van der Waals surface area contributed by atoms with Gasteiger partial charge in [0.1, 0.15) is 0 Å². The van der Waals surface area contributed by atoms with Gasteiger partial charge in [0.15, 0.2) is 0 Å². The highest BCUT2D eigenvalue weighted by Crippen LogP contribution is 2.57. The summed E-state index contributed by atoms with van der Waals surface area (Å²) < 4.78 is 0. The molecule has 0 heterocycles. The van der Waals surface area contributed by atoms with Gasteiger partial charge in [0.2, 0.25) is 0 Å². The second-order valence-electron chi connectivity index (χ2n) is 22.8. The lowest BCUT2D eigenvalue weighted by atomic mass is 9.81. The molecule has 0 bridgehead atoms. The number of fused-ring (bicyclic) bond motifs is 5. The Kier molecular flexibility index (Phi) is 12.9. The van der Waals surface area contributed by atoms with Gasteiger partial charge in [0, 0.05) is 66.8 Å². The number of hydrogen-bond acceptors (Lipinski definition) is 3. The van der Waals surface area contributed by atoms with Gasteiger partial charge in [-0.05, 0) is 173 Å². The molecule has 0 unspecified atom stereocenters. The van der Waals surface area contributed by atoms with Crippen molar-refractivity contribution >= 4 is 72.7 Å². The zero-order chi connectivity index (χ0) is 56.2. The van der Waals surface area contributed by atoms with Crippen molar-refractivity contribution in [1.29, 1.82) is 0 Å². The van der Waals surface area contributed by atoms with Crippen molar-refractivity contribution in [2.24, 2.45) is 0 Å². The first kappa shape index (κ1) is 51.0. The Balaban J connectivity index is 1.12. The molecule has 3 nitrogen and oxygen atoms in total. The van der Waals surface area contributed by atoms with Crippen LogP contribution in [0.2, 0.25) is 0 Å². The van der Waals surface area contributed by atoms with Gasteiger partial charge in [-0.15, -0.1) is 0 Å². The van der Waals surface area contributed by atoms with Crippen LogP contribution in [0.1, 0.15) is 41.7 Å². The smallest absolute Gasteiger partial charge is 0.0620 e. The van der Waals surface area contributed by atoms with Crippen LogP contribution in [0.5, 0.6) is 0 Å². The number of aryl methyl sites for hydroxylation is 3. The van der Waals surface area contributed by atoms with E-state index in [0.29, 0.717) is 0 Å². The molecule has 14 rings (SSSR count). The molecule has 0 fully saturated rings. The van der Waals surface area contributed by atoms with Crippen molar-refractivity contribution < 1.29 is 0 Å². The van der Waals surface area contributed by atoms with Crippen LogP contribution in [-0.2, 0) is 5.41 Å². The normalized spacial score (nSPS) is 12.3. The van der Waals surface area contributed by atoms with Gasteiger partial charge in [0.25, 0.3) is 0 Å². The van der Waals surface area contributed by atoms with Gasteiger partial charge >= 0.3 is 0 Å². The maximum Gasteiger partial charge on any atom is 0.0620 e. The fourth-order valence-electron chi connectivity index (χ4n) is 12.6. The Morgan fingerprint density at radius 2 is 0.542 bits per heavy atom. The maximum absolute atomic E-state index is 2.55. The van der Waals surface area contributed by atoms with Crippen molar-refractivity contribution in [3.05, 3.63) is 319 Å². The van der Waals surface area contributed by atoms with E-state index in [-0.39, 0.29) is 5.41 Å². The fourth-order valence-corrected chi connectivity index (χ4v) is 12.6. The predicted octanol–water partition coefficient (Wildman–Crippen LogP) is 22.6. The standard InChI is InChI=1S/C80H63N3/c1-54-25-37-63(38-26-54)81(64-43-31-60(32-44-64)57-17-9-6-10-18-57)69-49-50-71-73(51-69)79(83(66-41-29-56(3)30-42-66)68-47-35-62(36-48-68)59-21-13-8-14-22-59)74-52-72-70-23-15-16-24-76(70)80(4,5)77(72)53-75(74)78(71)82(65-39-27-55(2)28-40-65)67-45-33-61(34-46-67)58-19-11-7-12-20-58/h6-53H,1-5H3. The lowest BCUT2D eigenvalue weighted by molar-refractivity contribution is 0.661. The molecule has 1 aliphatic rings. The van der Waals surface area contributed by atoms with E-state index in [9.17, 15) is 0 Å². The van der Waals surface area contributed by atoms with Crippen LogP contribution in [0.15, 0.2) is 291 Å². The molecule has 0 radical (unpaired) electrons. The topological polar surface area (TPSA) is 9.72 Å². The van der Waals surface area contributed by atoms with Crippen LogP contribution in [0.25, 0.3) is 66.1 Å². The Labute approximate surface area is 488 Å². The SMILES string of the molecule is Cc1ccc(N(c2ccc(-c3ccccc3)cc2)c2ccc3c(N(c4ccc(C)cc4)c4ccc(-c5ccccc5)cc4)c4cc5c(cc4c(N(c4ccc(C)cc4)c4ccc(-c6ccccc6)cc4)c3c2)-c2ccccc2C5(C)C)cc1. The number of benzene rings is 13. The summed E-state index contributed by atoms with van der Waals surface area (Å²) in [6, 6.07) is 108. The van der Waals surface area contributed by atoms with E-state index in [2.05, 4.69) is 341 Å². The quantitative estimate of drug-likeness (QED) is 0.0892. The molecule has 0 spiro atoms. The first-order chi connectivity index (χ1) is 40.6. The van der Waals surface area contributed by atoms with Crippen molar-refractivity contribution in [2.75, 3.05) is 14.7 Å². The molecule has 0 saturated heterocycles. The van der Waals surface area contributed by atoms with Crippen molar-refractivity contribution in [2.45, 2.75) is 40.0 Å². The van der Waals surface area contributed by atoms with Crippen molar-refractivity contribution in [1.82, 2.24) is 0 Å². The van der Waals surface area contributed by atoms with Crippen LogP contribution in [0, 0.1) is 20.8 Å². The van der Waals surface area contributed by atoms with Crippen molar-refractivity contribution in [3.63, 3.8) is 0 Å². The van der Waals surface area contributed by atoms with Gasteiger partial charge in [-0.1, -0.05) is 225 Å². The largest absolute Gasteiger partial charge is 0.310 e. The van der Waals surface area contributed by atoms with E-state index in [0.717, 1.165) is 72.7 Å². The molecule has 3 heteroatoms. The Bertz CT molecular complexity index is 4480. The molecular weight excluding hydrogens is 1000 g/mol. The fraction of sp³-hybridized carbons (Fsp3) is 0.0750. The lowest BCUT2D eigenvalue weighted by Crippen LogP contribution is -2.17. The predicted molar refractivity (Wildman–Crippen MR) is 354 cm³/mol. The molecule has 0 atom stereocenters. The maximum atomic E-state index is 2.55. The van der Waals surface area contributed by atoms with E-state index in [1.807, 2.05) is 0 Å². The van der Waals surface area contributed by atoms with Gasteiger partial charge in [0.05, 0.1) is 11.4 Å². The molecule has 83 heavy (non-hydrogen) atoms. The summed E-state index contributed by atoms with van der Waals surface area (Å²) in [5.74, 6) is 0. The van der Waals surface area contributed by atoms with E-state index in [1.54, 1.807) is 0 Å². The van der Waals surface area contributed by atoms with Gasteiger partial charge in [-0.3, -0.25) is 0 Å². The summed E-state index contributed by atoms with van der Waals surface area (Å²) in [7, 11) is 0. The number of rotatable bonds is 12. The Morgan fingerprint density at radius 3 is 0.964 bits per heavy atom. The molecule has 0 N–H and O–H groups in total. The molecule has 398 valence electrons. The first-order valence-electron chi connectivity index (χ1n) is 28.9. The molecule has 1 aliphatic carbocycles. The number of nitrogens with zero attached hydrogens (tertiary/aromatic N) is 3. The summed E-state index contributed by atoms with van der Waals surface area (Å²) in [6.45, 7) is 11.3. The summed E-state index contributed by atoms with van der Waals surface area (Å²) in [5.41, 5.74) is 25.3. The third kappa shape index (κ3) is 9.31. The molecule has 0 amide bonds. The average Bonchev–Trinajstić information content (AvgIpc) is 2.07. The third-order valence-corrected chi connectivity index (χ3v) is 17.0. The van der Waals surface area contributed by atoms with Crippen LogP contribution in [0.4, 0.5) is 51.2 Å². The highest BCUT2D eigenvalue weighted by atomic mass is 15.2. The minimum Gasteiger partial charge on any atom is -0.310 e. The molecule has 0 aliphatic heterocycles. The summed E-state index contributed by atoms with van der Waals surface area (Å²) in [6.07, 6.45) is 0. The van der Waals surface area contributed by atoms with Crippen molar-refractivity contribution in [3.8, 4) is 44.5 Å². The van der Waals surface area contributed by atoms with E-state index < -0.39 is 0 Å². The van der Waals surface area contributed by atoms with Gasteiger partial charge in [-0.25, -0.2) is 0 Å². The molecular formula is C80H63N3. The average molecular weight is 1070 g/mol. The zero-order valence-electron chi connectivity index (χ0n) is 47.6. The minimum absolute atomic E-state index is 0.267. The molecule has 13 aromatic rings. The molecule has 13 aromatic carbocycles. The minimum atomic E-state index is -0.267. The zero-order valence-corrected chi connectivity index (χ0v) is 47.6. The van der Waals surface area contributed by atoms with Gasteiger partial charge < -0.3 is 14.7 Å². The third-order valence-electron chi connectivity index (χ3n) is 17.0. The lowest BCUT2D eigenvalue weighted by Gasteiger charge is -2.34. The summed E-state index contributed by atoms with van der Waals surface area (Å²) in [5, 5.41) is 4.55. The van der Waals surface area contributed by atoms with E-state index >= 15 is 0 Å². The summed E-state index contributed by atoms with van der Waals surface area (Å²) >= 11 is 0. The molecule has 0 aromatic heterocycles. The highest BCUT2D eigenvalue weighted by molar-refractivity contribution is 6.25. The van der Waals surface area contributed by atoms with Crippen LogP contribution >= 0.6 is 0 Å². The van der Waals surface area contributed by atoms with E-state index in [4.69, 9.17) is 0 Å². The second kappa shape index (κ2) is 21.0. The van der Waals surface area contributed by atoms with Crippen LogP contribution in [-0.4, -0.2) is 0 Å². The summed E-state index contributed by atoms with van der Waals surface area (Å²) in [4.78, 5) is 7.48. The van der Waals surface area contributed by atoms with Crippen LogP contribution in [0.3, 0.4) is 0 Å². The van der Waals surface area contributed by atoms with Gasteiger partial charge in [-0.2, -0.15) is 0 Å². The molecule has 0 saturated carbocycles. The first-order valence-corrected chi connectivity index (χ1v) is 28.9. The monoisotopic (exact) mass is 1070 g/mol. The Hall–Kier alpha value is -10.2. The van der Waals surface area contributed by atoms with Crippen LogP contribution < -0.4 is 14.7 Å².